The molecule has 122 valence electrons. The fourth-order valence-electron chi connectivity index (χ4n) is 3.29. The van der Waals surface area contributed by atoms with Gasteiger partial charge in [-0.05, 0) is 34.5 Å². The van der Waals surface area contributed by atoms with Crippen LogP contribution in [0, 0.1) is 22.7 Å². The standard InChI is InChI=1S/C23H15N3/c24-11-12-26-16-21(22-7-3-4-8-23(22)26)14-20(15-25)19-10-9-17-5-1-2-6-18(17)13-19/h1-10,13-14,16H,12H2/b20-14-. The lowest BCUT2D eigenvalue weighted by atomic mass is 10.00. The number of rotatable bonds is 3. The van der Waals surface area contributed by atoms with Gasteiger partial charge in [0.05, 0.1) is 17.7 Å². The van der Waals surface area contributed by atoms with Crippen LogP contribution in [-0.2, 0) is 6.54 Å². The van der Waals surface area contributed by atoms with Crippen LogP contribution in [0.15, 0.2) is 72.9 Å². The zero-order valence-electron chi connectivity index (χ0n) is 14.1. The van der Waals surface area contributed by atoms with Crippen molar-refractivity contribution >= 4 is 33.3 Å². The van der Waals surface area contributed by atoms with Crippen molar-refractivity contribution in [2.45, 2.75) is 6.54 Å². The molecule has 0 aliphatic heterocycles. The minimum Gasteiger partial charge on any atom is -0.333 e. The Balaban J connectivity index is 1.86. The summed E-state index contributed by atoms with van der Waals surface area (Å²) in [6.45, 7) is 0.284. The van der Waals surface area contributed by atoms with Gasteiger partial charge in [-0.1, -0.05) is 54.6 Å². The van der Waals surface area contributed by atoms with E-state index in [4.69, 9.17) is 5.26 Å². The number of para-hydroxylation sites is 1. The van der Waals surface area contributed by atoms with E-state index < -0.39 is 0 Å². The van der Waals surface area contributed by atoms with Crippen LogP contribution in [0.4, 0.5) is 0 Å². The van der Waals surface area contributed by atoms with Crippen molar-refractivity contribution in [1.29, 1.82) is 10.5 Å². The van der Waals surface area contributed by atoms with Crippen molar-refractivity contribution in [3.05, 3.63) is 84.1 Å². The van der Waals surface area contributed by atoms with E-state index in [0.717, 1.165) is 32.8 Å². The van der Waals surface area contributed by atoms with Crippen LogP contribution in [0.3, 0.4) is 0 Å². The Labute approximate surface area is 151 Å². The Kier molecular flexibility index (Phi) is 3.98. The molecule has 0 amide bonds. The fraction of sp³-hybridized carbons (Fsp3) is 0.0435. The molecule has 0 unspecified atom stereocenters. The van der Waals surface area contributed by atoms with Crippen molar-refractivity contribution < 1.29 is 0 Å². The van der Waals surface area contributed by atoms with E-state index in [2.05, 4.69) is 18.2 Å². The minimum absolute atomic E-state index is 0.284. The average molecular weight is 333 g/mol. The maximum atomic E-state index is 9.72. The molecule has 3 heteroatoms. The van der Waals surface area contributed by atoms with Gasteiger partial charge in [-0.25, -0.2) is 0 Å². The molecule has 4 rings (SSSR count). The van der Waals surface area contributed by atoms with Crippen LogP contribution >= 0.6 is 0 Å². The third-order valence-corrected chi connectivity index (χ3v) is 4.54. The highest BCUT2D eigenvalue weighted by Crippen LogP contribution is 2.27. The second-order valence-electron chi connectivity index (χ2n) is 6.12. The fourth-order valence-corrected chi connectivity index (χ4v) is 3.29. The number of nitrogens with zero attached hydrogens (tertiary/aromatic N) is 3. The molecule has 0 aliphatic rings. The Morgan fingerprint density at radius 2 is 1.69 bits per heavy atom. The predicted molar refractivity (Wildman–Crippen MR) is 105 cm³/mol. The minimum atomic E-state index is 0.284. The van der Waals surface area contributed by atoms with Gasteiger partial charge in [-0.15, -0.1) is 0 Å². The van der Waals surface area contributed by atoms with Crippen LogP contribution in [-0.4, -0.2) is 4.57 Å². The molecule has 0 saturated heterocycles. The highest BCUT2D eigenvalue weighted by Gasteiger charge is 2.09. The molecular formula is C23H15N3. The van der Waals surface area contributed by atoms with Crippen LogP contribution in [0.25, 0.3) is 33.3 Å². The van der Waals surface area contributed by atoms with E-state index >= 15 is 0 Å². The molecule has 3 nitrogen and oxygen atoms in total. The molecule has 3 aromatic carbocycles. The zero-order chi connectivity index (χ0) is 17.9. The summed E-state index contributed by atoms with van der Waals surface area (Å²) >= 11 is 0. The van der Waals surface area contributed by atoms with Gasteiger partial charge < -0.3 is 4.57 Å². The van der Waals surface area contributed by atoms with E-state index in [1.165, 1.54) is 0 Å². The van der Waals surface area contributed by atoms with Gasteiger partial charge in [0.15, 0.2) is 0 Å². The molecule has 0 saturated carbocycles. The molecular weight excluding hydrogens is 318 g/mol. The van der Waals surface area contributed by atoms with E-state index in [1.54, 1.807) is 0 Å². The summed E-state index contributed by atoms with van der Waals surface area (Å²) in [6, 6.07) is 26.6. The van der Waals surface area contributed by atoms with Crippen LogP contribution in [0.5, 0.6) is 0 Å². The van der Waals surface area contributed by atoms with E-state index in [9.17, 15) is 5.26 Å². The van der Waals surface area contributed by atoms with E-state index in [1.807, 2.05) is 77.5 Å². The third-order valence-electron chi connectivity index (χ3n) is 4.54. The molecule has 0 atom stereocenters. The smallest absolute Gasteiger partial charge is 0.110 e. The lowest BCUT2D eigenvalue weighted by Gasteiger charge is -2.02. The maximum Gasteiger partial charge on any atom is 0.110 e. The topological polar surface area (TPSA) is 52.5 Å². The Morgan fingerprint density at radius 1 is 0.923 bits per heavy atom. The summed E-state index contributed by atoms with van der Waals surface area (Å²) in [5.41, 5.74) is 3.44. The van der Waals surface area contributed by atoms with Crippen LogP contribution < -0.4 is 0 Å². The normalized spacial score (nSPS) is 11.4. The molecule has 4 aromatic rings. The quantitative estimate of drug-likeness (QED) is 0.472. The second kappa shape index (κ2) is 6.59. The summed E-state index contributed by atoms with van der Waals surface area (Å²) in [6.07, 6.45) is 3.84. The first-order valence-corrected chi connectivity index (χ1v) is 8.36. The number of benzene rings is 3. The third kappa shape index (κ3) is 2.73. The van der Waals surface area contributed by atoms with Crippen molar-refractivity contribution in [2.24, 2.45) is 0 Å². The highest BCUT2D eigenvalue weighted by atomic mass is 15.0. The predicted octanol–water partition coefficient (Wildman–Crippen LogP) is 5.38. The van der Waals surface area contributed by atoms with Gasteiger partial charge in [-0.2, -0.15) is 10.5 Å². The molecule has 0 spiro atoms. The van der Waals surface area contributed by atoms with Crippen LogP contribution in [0.1, 0.15) is 11.1 Å². The monoisotopic (exact) mass is 333 g/mol. The largest absolute Gasteiger partial charge is 0.333 e. The molecule has 0 radical (unpaired) electrons. The maximum absolute atomic E-state index is 9.72. The number of hydrogen-bond donors (Lipinski definition) is 0. The molecule has 0 aliphatic carbocycles. The molecule has 1 heterocycles. The van der Waals surface area contributed by atoms with Gasteiger partial charge in [0.25, 0.3) is 0 Å². The first-order valence-electron chi connectivity index (χ1n) is 8.36. The molecule has 26 heavy (non-hydrogen) atoms. The number of allylic oxidation sites excluding steroid dienone is 1. The van der Waals surface area contributed by atoms with E-state index in [-0.39, 0.29) is 6.54 Å². The SMILES string of the molecule is N#CCn1cc(/C=C(/C#N)c2ccc3ccccc3c2)c2ccccc21. The van der Waals surface area contributed by atoms with Gasteiger partial charge >= 0.3 is 0 Å². The molecule has 1 aromatic heterocycles. The Hall–Kier alpha value is -3.82. The van der Waals surface area contributed by atoms with Gasteiger partial charge in [0.2, 0.25) is 0 Å². The number of nitriles is 2. The summed E-state index contributed by atoms with van der Waals surface area (Å²) in [4.78, 5) is 0. The van der Waals surface area contributed by atoms with Gasteiger partial charge in [-0.3, -0.25) is 0 Å². The highest BCUT2D eigenvalue weighted by molar-refractivity contribution is 5.99. The second-order valence-corrected chi connectivity index (χ2v) is 6.12. The first-order chi connectivity index (χ1) is 12.8. The van der Waals surface area contributed by atoms with E-state index in [0.29, 0.717) is 5.57 Å². The lowest BCUT2D eigenvalue weighted by molar-refractivity contribution is 0.873. The summed E-state index contributed by atoms with van der Waals surface area (Å²) in [7, 11) is 0. The molecule has 0 N–H and O–H groups in total. The number of aromatic nitrogens is 1. The summed E-state index contributed by atoms with van der Waals surface area (Å²) in [5, 5.41) is 22.1. The molecule has 0 fully saturated rings. The average Bonchev–Trinajstić information content (AvgIpc) is 3.04. The Morgan fingerprint density at radius 3 is 2.50 bits per heavy atom. The summed E-state index contributed by atoms with van der Waals surface area (Å²) < 4.78 is 1.91. The lowest BCUT2D eigenvalue weighted by Crippen LogP contribution is -1.91. The molecule has 0 bridgehead atoms. The van der Waals surface area contributed by atoms with Crippen LogP contribution in [0.2, 0.25) is 0 Å². The van der Waals surface area contributed by atoms with Crippen molar-refractivity contribution in [2.75, 3.05) is 0 Å². The van der Waals surface area contributed by atoms with Gasteiger partial charge in [0, 0.05) is 22.7 Å². The first kappa shape index (κ1) is 15.7. The van der Waals surface area contributed by atoms with Crippen molar-refractivity contribution in [3.8, 4) is 12.1 Å². The van der Waals surface area contributed by atoms with Crippen molar-refractivity contribution in [3.63, 3.8) is 0 Å². The Bertz CT molecular complexity index is 1230. The number of fused-ring (bicyclic) bond motifs is 2. The zero-order valence-corrected chi connectivity index (χ0v) is 14.1. The summed E-state index contributed by atoms with van der Waals surface area (Å²) in [5.74, 6) is 0. The van der Waals surface area contributed by atoms with Gasteiger partial charge in [0.1, 0.15) is 6.54 Å². The van der Waals surface area contributed by atoms with Crippen molar-refractivity contribution in [1.82, 2.24) is 4.57 Å². The number of hydrogen-bond acceptors (Lipinski definition) is 2.